The van der Waals surface area contributed by atoms with Gasteiger partial charge in [-0.2, -0.15) is 0 Å². The molecule has 0 aliphatic rings. The molecule has 0 saturated carbocycles. The molecule has 4 aromatic rings. The number of benzene rings is 2. The van der Waals surface area contributed by atoms with Crippen molar-refractivity contribution in [1.29, 1.82) is 0 Å². The van der Waals surface area contributed by atoms with Crippen molar-refractivity contribution >= 4 is 91.1 Å². The molecule has 0 spiro atoms. The lowest BCUT2D eigenvalue weighted by molar-refractivity contribution is 0.627. The lowest BCUT2D eigenvalue weighted by Crippen LogP contribution is -1.95. The Morgan fingerprint density at radius 3 is 1.29 bits per heavy atom. The molecule has 0 aliphatic carbocycles. The second-order valence-electron chi connectivity index (χ2n) is 10.5. The van der Waals surface area contributed by atoms with E-state index in [1.807, 2.05) is 23.5 Å². The van der Waals surface area contributed by atoms with Gasteiger partial charge in [-0.05, 0) is 93.8 Å². The van der Waals surface area contributed by atoms with Gasteiger partial charge in [0.05, 0.1) is 17.2 Å². The maximum Gasteiger partial charge on any atom is 0.115 e. The number of aromatic nitrogens is 2. The number of unbranched alkanes of at least 4 members (excludes halogenated alkanes) is 10. The first kappa shape index (κ1) is 33.5. The van der Waals surface area contributed by atoms with Crippen LogP contribution in [0.2, 0.25) is 0 Å². The topological polar surface area (TPSA) is 25.8 Å². The number of thiophene rings is 1. The Balaban J connectivity index is 1.46. The molecule has 0 aliphatic heterocycles. The van der Waals surface area contributed by atoms with Crippen LogP contribution in [-0.4, -0.2) is 21.5 Å². The predicted octanol–water partition coefficient (Wildman–Crippen LogP) is 13.1. The maximum absolute atomic E-state index is 5.22. The zero-order valence-electron chi connectivity index (χ0n) is 24.4. The van der Waals surface area contributed by atoms with Crippen LogP contribution in [0.5, 0.6) is 0 Å². The second kappa shape index (κ2) is 18.4. The van der Waals surface area contributed by atoms with Crippen LogP contribution in [0.25, 0.3) is 33.5 Å². The number of halogens is 2. The van der Waals surface area contributed by atoms with Crippen molar-refractivity contribution in [2.75, 3.05) is 11.5 Å². The van der Waals surface area contributed by atoms with Gasteiger partial charge in [-0.15, -0.1) is 34.9 Å². The molecule has 0 radical (unpaired) electrons. The molecule has 2 aromatic carbocycles. The minimum absolute atomic E-state index is 0.976. The van der Waals surface area contributed by atoms with E-state index in [0.29, 0.717) is 0 Å². The Labute approximate surface area is 287 Å². The second-order valence-corrected chi connectivity index (χ2v) is 17.5. The molecule has 0 unspecified atom stereocenters. The summed E-state index contributed by atoms with van der Waals surface area (Å²) in [6.45, 7) is 4.56. The summed E-state index contributed by atoms with van der Waals surface area (Å²) in [6, 6.07) is 18.0. The minimum atomic E-state index is 0.976. The zero-order valence-corrected chi connectivity index (χ0v) is 31.2. The highest BCUT2D eigenvalue weighted by Crippen LogP contribution is 2.38. The van der Waals surface area contributed by atoms with Crippen molar-refractivity contribution in [3.63, 3.8) is 0 Å². The quantitative estimate of drug-likeness (QED) is 0.0567. The standard InChI is InChI=1S/C34H42I2N2S3/c1-3-5-7-9-11-13-23-39-27-19-15-25(16-20-27)29-30(38-32-31(37-29)33(35)41-34(32)36)26-17-21-28(22-18-26)40-24-14-12-10-8-6-4-2/h15-22H,3-14,23-24H2,1-2H3. The van der Waals surface area contributed by atoms with E-state index in [0.717, 1.165) is 33.5 Å². The van der Waals surface area contributed by atoms with E-state index in [1.165, 1.54) is 104 Å². The summed E-state index contributed by atoms with van der Waals surface area (Å²) in [5, 5.41) is 0. The zero-order chi connectivity index (χ0) is 28.9. The van der Waals surface area contributed by atoms with Gasteiger partial charge in [0.15, 0.2) is 0 Å². The van der Waals surface area contributed by atoms with Gasteiger partial charge in [-0.25, -0.2) is 9.97 Å². The van der Waals surface area contributed by atoms with Gasteiger partial charge in [0.2, 0.25) is 0 Å². The van der Waals surface area contributed by atoms with Gasteiger partial charge in [0, 0.05) is 20.9 Å². The number of nitrogens with zero attached hydrogens (tertiary/aromatic N) is 2. The van der Waals surface area contributed by atoms with Crippen LogP contribution >= 0.6 is 80.0 Å². The van der Waals surface area contributed by atoms with Gasteiger partial charge in [0.25, 0.3) is 0 Å². The van der Waals surface area contributed by atoms with Crippen molar-refractivity contribution < 1.29 is 0 Å². The van der Waals surface area contributed by atoms with Crippen LogP contribution in [0.15, 0.2) is 58.3 Å². The first-order valence-corrected chi connectivity index (χ1v) is 20.2. The molecule has 220 valence electrons. The summed E-state index contributed by atoms with van der Waals surface area (Å²) in [5.74, 6) is 2.38. The Bertz CT molecular complexity index is 1240. The number of hydrogen-bond acceptors (Lipinski definition) is 5. The van der Waals surface area contributed by atoms with Crippen molar-refractivity contribution in [3.05, 3.63) is 54.3 Å². The lowest BCUT2D eigenvalue weighted by atomic mass is 10.0. The third-order valence-electron chi connectivity index (χ3n) is 7.24. The molecular weight excluding hydrogens is 786 g/mol. The average Bonchev–Trinajstić information content (AvgIpc) is 3.28. The Morgan fingerprint density at radius 1 is 0.537 bits per heavy atom. The minimum Gasteiger partial charge on any atom is -0.242 e. The lowest BCUT2D eigenvalue weighted by Gasteiger charge is -2.11. The van der Waals surface area contributed by atoms with E-state index in [2.05, 4.69) is 108 Å². The molecule has 7 heteroatoms. The monoisotopic (exact) mass is 828 g/mol. The highest BCUT2D eigenvalue weighted by Gasteiger charge is 2.18. The summed E-state index contributed by atoms with van der Waals surface area (Å²) < 4.78 is 2.41. The molecule has 0 amide bonds. The number of thioether (sulfide) groups is 2. The summed E-state index contributed by atoms with van der Waals surface area (Å²) in [6.07, 6.45) is 16.2. The Kier molecular flexibility index (Phi) is 15.1. The van der Waals surface area contributed by atoms with Crippen LogP contribution in [0.3, 0.4) is 0 Å². The smallest absolute Gasteiger partial charge is 0.115 e. The van der Waals surface area contributed by atoms with Crippen molar-refractivity contribution in [1.82, 2.24) is 9.97 Å². The van der Waals surface area contributed by atoms with Gasteiger partial charge in [-0.3, -0.25) is 0 Å². The van der Waals surface area contributed by atoms with Gasteiger partial charge >= 0.3 is 0 Å². The van der Waals surface area contributed by atoms with Gasteiger partial charge in [0.1, 0.15) is 11.0 Å². The summed E-state index contributed by atoms with van der Waals surface area (Å²) in [7, 11) is 0. The molecule has 2 aromatic heterocycles. The van der Waals surface area contributed by atoms with Gasteiger partial charge < -0.3 is 0 Å². The van der Waals surface area contributed by atoms with E-state index in [4.69, 9.17) is 9.97 Å². The first-order valence-electron chi connectivity index (χ1n) is 15.2. The fourth-order valence-corrected chi connectivity index (χ4v) is 10.6. The number of rotatable bonds is 18. The van der Waals surface area contributed by atoms with Crippen LogP contribution in [0.4, 0.5) is 0 Å². The summed E-state index contributed by atoms with van der Waals surface area (Å²) in [5.41, 5.74) is 6.26. The fourth-order valence-electron chi connectivity index (χ4n) is 4.85. The van der Waals surface area contributed by atoms with Crippen LogP contribution in [-0.2, 0) is 0 Å². The maximum atomic E-state index is 5.22. The Morgan fingerprint density at radius 2 is 0.902 bits per heavy atom. The van der Waals surface area contributed by atoms with E-state index >= 15 is 0 Å². The highest BCUT2D eigenvalue weighted by molar-refractivity contribution is 14.1. The van der Waals surface area contributed by atoms with E-state index < -0.39 is 0 Å². The van der Waals surface area contributed by atoms with Crippen molar-refractivity contribution in [2.24, 2.45) is 0 Å². The molecule has 4 rings (SSSR count). The third kappa shape index (κ3) is 10.4. The molecule has 0 saturated heterocycles. The summed E-state index contributed by atoms with van der Waals surface area (Å²) in [4.78, 5) is 13.1. The predicted molar refractivity (Wildman–Crippen MR) is 202 cm³/mol. The number of hydrogen-bond donors (Lipinski definition) is 0. The van der Waals surface area contributed by atoms with E-state index in [-0.39, 0.29) is 0 Å². The summed E-state index contributed by atoms with van der Waals surface area (Å²) >= 11 is 10.5. The van der Waals surface area contributed by atoms with Crippen LogP contribution in [0.1, 0.15) is 90.9 Å². The fraction of sp³-hybridized carbons (Fsp3) is 0.471. The SMILES string of the molecule is CCCCCCCCSc1ccc(-c2nc3c(I)sc(I)c3nc2-c2ccc(SCCCCCCCC)cc2)cc1. The molecule has 0 N–H and O–H groups in total. The molecule has 0 bridgehead atoms. The van der Waals surface area contributed by atoms with E-state index in [9.17, 15) is 0 Å². The highest BCUT2D eigenvalue weighted by atomic mass is 127. The van der Waals surface area contributed by atoms with Crippen molar-refractivity contribution in [3.8, 4) is 22.5 Å². The molecular formula is C34H42I2N2S3. The third-order valence-corrected chi connectivity index (χ3v) is 12.5. The van der Waals surface area contributed by atoms with Crippen LogP contribution in [0, 0.1) is 5.77 Å². The van der Waals surface area contributed by atoms with Crippen LogP contribution < -0.4 is 0 Å². The van der Waals surface area contributed by atoms with E-state index in [1.54, 1.807) is 11.3 Å². The Hall–Kier alpha value is -0.360. The average molecular weight is 829 g/mol. The molecule has 2 heterocycles. The van der Waals surface area contributed by atoms with Gasteiger partial charge in [-0.1, -0.05) is 102 Å². The largest absolute Gasteiger partial charge is 0.242 e. The normalized spacial score (nSPS) is 11.5. The number of fused-ring (bicyclic) bond motifs is 1. The first-order chi connectivity index (χ1) is 20.1. The van der Waals surface area contributed by atoms with Crippen molar-refractivity contribution in [2.45, 2.75) is 101 Å². The molecule has 0 fully saturated rings. The molecule has 0 atom stereocenters. The molecule has 2 nitrogen and oxygen atoms in total. The molecule has 41 heavy (non-hydrogen) atoms.